The van der Waals surface area contributed by atoms with Crippen LogP contribution in [0.3, 0.4) is 0 Å². The smallest absolute Gasteiger partial charge is 0.0626 e. The molecule has 0 fully saturated rings. The topological polar surface area (TPSA) is 32.3 Å². The SMILES string of the molecule is Cc1ccc(CNC(CO)c2ccccc2)cc1Br. The van der Waals surface area contributed by atoms with Gasteiger partial charge in [0.15, 0.2) is 0 Å². The van der Waals surface area contributed by atoms with Crippen LogP contribution >= 0.6 is 15.9 Å². The van der Waals surface area contributed by atoms with Gasteiger partial charge in [0, 0.05) is 11.0 Å². The van der Waals surface area contributed by atoms with E-state index in [1.165, 1.54) is 11.1 Å². The van der Waals surface area contributed by atoms with Gasteiger partial charge >= 0.3 is 0 Å². The van der Waals surface area contributed by atoms with Crippen LogP contribution in [0.15, 0.2) is 53.0 Å². The normalized spacial score (nSPS) is 12.4. The highest BCUT2D eigenvalue weighted by Gasteiger charge is 2.09. The standard InChI is InChI=1S/C16H18BrNO/c1-12-7-8-13(9-15(12)17)10-18-16(11-19)14-5-3-2-4-6-14/h2-9,16,18-19H,10-11H2,1H3. The lowest BCUT2D eigenvalue weighted by molar-refractivity contribution is 0.243. The predicted molar refractivity (Wildman–Crippen MR) is 82.0 cm³/mol. The van der Waals surface area contributed by atoms with Crippen molar-refractivity contribution in [2.24, 2.45) is 0 Å². The van der Waals surface area contributed by atoms with E-state index in [1.807, 2.05) is 30.3 Å². The maximum absolute atomic E-state index is 9.48. The number of nitrogens with one attached hydrogen (secondary N) is 1. The van der Waals surface area contributed by atoms with Crippen LogP contribution in [0.25, 0.3) is 0 Å². The molecule has 0 heterocycles. The van der Waals surface area contributed by atoms with Crippen molar-refractivity contribution in [1.82, 2.24) is 5.32 Å². The summed E-state index contributed by atoms with van der Waals surface area (Å²) in [5.41, 5.74) is 3.54. The Balaban J connectivity index is 2.02. The number of aryl methyl sites for hydroxylation is 1. The first kappa shape index (κ1) is 14.3. The first-order chi connectivity index (χ1) is 9.20. The van der Waals surface area contributed by atoms with Crippen molar-refractivity contribution >= 4 is 15.9 Å². The number of aliphatic hydroxyl groups is 1. The largest absolute Gasteiger partial charge is 0.394 e. The van der Waals surface area contributed by atoms with Gasteiger partial charge < -0.3 is 10.4 Å². The van der Waals surface area contributed by atoms with Gasteiger partial charge in [-0.05, 0) is 29.7 Å². The molecule has 0 aliphatic carbocycles. The molecule has 2 rings (SSSR count). The third-order valence-corrected chi connectivity index (χ3v) is 4.03. The molecule has 0 bridgehead atoms. The van der Waals surface area contributed by atoms with Gasteiger partial charge in [-0.1, -0.05) is 58.4 Å². The number of halogens is 1. The van der Waals surface area contributed by atoms with E-state index in [0.29, 0.717) is 0 Å². The van der Waals surface area contributed by atoms with Crippen molar-refractivity contribution in [2.45, 2.75) is 19.5 Å². The highest BCUT2D eigenvalue weighted by Crippen LogP contribution is 2.18. The zero-order valence-electron chi connectivity index (χ0n) is 10.9. The first-order valence-electron chi connectivity index (χ1n) is 6.35. The minimum atomic E-state index is -0.0266. The summed E-state index contributed by atoms with van der Waals surface area (Å²) < 4.78 is 1.12. The lowest BCUT2D eigenvalue weighted by Gasteiger charge is -2.17. The molecule has 100 valence electrons. The molecule has 2 N–H and O–H groups in total. The maximum Gasteiger partial charge on any atom is 0.0626 e. The second kappa shape index (κ2) is 6.85. The number of benzene rings is 2. The Labute approximate surface area is 122 Å². The summed E-state index contributed by atoms with van der Waals surface area (Å²) in [7, 11) is 0. The van der Waals surface area contributed by atoms with E-state index in [4.69, 9.17) is 0 Å². The van der Waals surface area contributed by atoms with E-state index in [1.54, 1.807) is 0 Å². The zero-order chi connectivity index (χ0) is 13.7. The summed E-state index contributed by atoms with van der Waals surface area (Å²) in [6.45, 7) is 2.90. The van der Waals surface area contributed by atoms with Crippen LogP contribution in [0.1, 0.15) is 22.7 Å². The molecule has 2 aromatic rings. The Morgan fingerprint density at radius 2 is 1.89 bits per heavy atom. The van der Waals surface area contributed by atoms with E-state index in [0.717, 1.165) is 16.6 Å². The molecule has 0 aliphatic heterocycles. The maximum atomic E-state index is 9.48. The number of hydrogen-bond acceptors (Lipinski definition) is 2. The molecule has 0 amide bonds. The molecule has 0 radical (unpaired) electrons. The molecular formula is C16H18BrNO. The summed E-state index contributed by atoms with van der Waals surface area (Å²) in [5, 5.41) is 12.9. The molecule has 1 atom stereocenters. The van der Waals surface area contributed by atoms with Crippen molar-refractivity contribution in [2.75, 3.05) is 6.61 Å². The Bertz CT molecular complexity index is 528. The summed E-state index contributed by atoms with van der Waals surface area (Å²) in [4.78, 5) is 0. The lowest BCUT2D eigenvalue weighted by atomic mass is 10.1. The van der Waals surface area contributed by atoms with E-state index in [-0.39, 0.29) is 12.6 Å². The summed E-state index contributed by atoms with van der Waals surface area (Å²) >= 11 is 3.54. The van der Waals surface area contributed by atoms with Gasteiger partial charge in [-0.2, -0.15) is 0 Å². The van der Waals surface area contributed by atoms with E-state index >= 15 is 0 Å². The molecule has 0 aliphatic rings. The van der Waals surface area contributed by atoms with Crippen molar-refractivity contribution in [3.63, 3.8) is 0 Å². The van der Waals surface area contributed by atoms with Crippen LogP contribution in [0.2, 0.25) is 0 Å². The average molecular weight is 320 g/mol. The number of hydrogen-bond donors (Lipinski definition) is 2. The minimum Gasteiger partial charge on any atom is -0.394 e. The predicted octanol–water partition coefficient (Wildman–Crippen LogP) is 3.58. The van der Waals surface area contributed by atoms with Gasteiger partial charge in [-0.25, -0.2) is 0 Å². The van der Waals surface area contributed by atoms with E-state index in [2.05, 4.69) is 46.4 Å². The van der Waals surface area contributed by atoms with Crippen molar-refractivity contribution in [1.29, 1.82) is 0 Å². The lowest BCUT2D eigenvalue weighted by Crippen LogP contribution is -2.23. The van der Waals surface area contributed by atoms with Gasteiger partial charge in [0.05, 0.1) is 12.6 Å². The number of aliphatic hydroxyl groups excluding tert-OH is 1. The highest BCUT2D eigenvalue weighted by atomic mass is 79.9. The van der Waals surface area contributed by atoms with Crippen molar-refractivity contribution in [3.8, 4) is 0 Å². The molecule has 0 spiro atoms. The van der Waals surface area contributed by atoms with Crippen LogP contribution in [0.5, 0.6) is 0 Å². The molecule has 0 saturated carbocycles. The fourth-order valence-electron chi connectivity index (χ4n) is 1.96. The third kappa shape index (κ3) is 3.90. The van der Waals surface area contributed by atoms with Crippen LogP contribution < -0.4 is 5.32 Å². The van der Waals surface area contributed by atoms with Crippen LogP contribution in [-0.2, 0) is 6.54 Å². The van der Waals surface area contributed by atoms with Crippen molar-refractivity contribution in [3.05, 3.63) is 69.7 Å². The van der Waals surface area contributed by atoms with E-state index in [9.17, 15) is 5.11 Å². The summed E-state index contributed by atoms with van der Waals surface area (Å²) in [5.74, 6) is 0. The quantitative estimate of drug-likeness (QED) is 0.882. The van der Waals surface area contributed by atoms with E-state index < -0.39 is 0 Å². The molecule has 2 aromatic carbocycles. The zero-order valence-corrected chi connectivity index (χ0v) is 12.5. The Morgan fingerprint density at radius 3 is 2.53 bits per heavy atom. The Kier molecular flexibility index (Phi) is 5.14. The van der Waals surface area contributed by atoms with Gasteiger partial charge in [0.2, 0.25) is 0 Å². The molecule has 0 saturated heterocycles. The minimum absolute atomic E-state index is 0.0266. The van der Waals surface area contributed by atoms with Crippen LogP contribution in [0.4, 0.5) is 0 Å². The van der Waals surface area contributed by atoms with Gasteiger partial charge in [0.1, 0.15) is 0 Å². The van der Waals surface area contributed by atoms with Gasteiger partial charge in [-0.3, -0.25) is 0 Å². The second-order valence-electron chi connectivity index (χ2n) is 4.61. The van der Waals surface area contributed by atoms with Gasteiger partial charge in [-0.15, -0.1) is 0 Å². The van der Waals surface area contributed by atoms with Crippen molar-refractivity contribution < 1.29 is 5.11 Å². The number of rotatable bonds is 5. The third-order valence-electron chi connectivity index (χ3n) is 3.17. The molecule has 2 nitrogen and oxygen atoms in total. The first-order valence-corrected chi connectivity index (χ1v) is 7.14. The molecule has 1 unspecified atom stereocenters. The molecule has 0 aromatic heterocycles. The van der Waals surface area contributed by atoms with Crippen LogP contribution in [-0.4, -0.2) is 11.7 Å². The fraction of sp³-hybridized carbons (Fsp3) is 0.250. The summed E-state index contributed by atoms with van der Waals surface area (Å²) in [6, 6.07) is 16.3. The molecule has 19 heavy (non-hydrogen) atoms. The second-order valence-corrected chi connectivity index (χ2v) is 5.46. The Hall–Kier alpha value is -1.16. The molecule has 3 heteroatoms. The van der Waals surface area contributed by atoms with Gasteiger partial charge in [0.25, 0.3) is 0 Å². The fourth-order valence-corrected chi connectivity index (χ4v) is 2.39. The summed E-state index contributed by atoms with van der Waals surface area (Å²) in [6.07, 6.45) is 0. The monoisotopic (exact) mass is 319 g/mol. The average Bonchev–Trinajstić information content (AvgIpc) is 2.44. The van der Waals surface area contributed by atoms with Crippen LogP contribution in [0, 0.1) is 6.92 Å². The highest BCUT2D eigenvalue weighted by molar-refractivity contribution is 9.10. The Morgan fingerprint density at radius 1 is 1.16 bits per heavy atom. The molecular weight excluding hydrogens is 302 g/mol.